The molecule has 1 aliphatic rings. The normalized spacial score (nSPS) is 17.6. The monoisotopic (exact) mass is 352 g/mol. The smallest absolute Gasteiger partial charge is 0.255 e. The van der Waals surface area contributed by atoms with Crippen LogP contribution >= 0.6 is 0 Å². The van der Waals surface area contributed by atoms with Crippen molar-refractivity contribution in [2.75, 3.05) is 38.5 Å². The van der Waals surface area contributed by atoms with E-state index in [0.717, 1.165) is 51.3 Å². The van der Waals surface area contributed by atoms with Gasteiger partial charge in [0.25, 0.3) is 5.91 Å². The Hall–Kier alpha value is -2.40. The Morgan fingerprint density at radius 1 is 1.12 bits per heavy atom. The molecule has 1 aromatic carbocycles. The van der Waals surface area contributed by atoms with Gasteiger partial charge >= 0.3 is 0 Å². The van der Waals surface area contributed by atoms with E-state index in [9.17, 15) is 4.79 Å². The Kier molecular flexibility index (Phi) is 6.61. The number of nitrogens with one attached hydrogen (secondary N) is 2. The third-order valence-corrected chi connectivity index (χ3v) is 4.98. The van der Waals surface area contributed by atoms with Gasteiger partial charge in [-0.2, -0.15) is 0 Å². The fraction of sp³-hybridized carbons (Fsp3) is 0.429. The Balaban J connectivity index is 1.58. The fourth-order valence-corrected chi connectivity index (χ4v) is 3.48. The zero-order valence-electron chi connectivity index (χ0n) is 15.4. The second-order valence-electron chi connectivity index (χ2n) is 6.79. The second kappa shape index (κ2) is 9.34. The van der Waals surface area contributed by atoms with Gasteiger partial charge in [-0.3, -0.25) is 4.79 Å². The molecule has 1 amide bonds. The molecule has 2 heterocycles. The number of likely N-dealkylation sites (N-methyl/N-ethyl adjacent to an activating group) is 1. The number of anilines is 1. The van der Waals surface area contributed by atoms with E-state index in [-0.39, 0.29) is 5.91 Å². The molecule has 5 nitrogen and oxygen atoms in total. The molecule has 1 saturated heterocycles. The van der Waals surface area contributed by atoms with Gasteiger partial charge in [-0.15, -0.1) is 0 Å². The van der Waals surface area contributed by atoms with E-state index < -0.39 is 0 Å². The highest BCUT2D eigenvalue weighted by molar-refractivity contribution is 5.94. The summed E-state index contributed by atoms with van der Waals surface area (Å²) in [4.78, 5) is 19.2. The Morgan fingerprint density at radius 3 is 2.69 bits per heavy atom. The number of hydrogen-bond acceptors (Lipinski definition) is 4. The summed E-state index contributed by atoms with van der Waals surface area (Å²) in [6.45, 7) is 3.31. The van der Waals surface area contributed by atoms with Crippen molar-refractivity contribution in [2.45, 2.75) is 25.2 Å². The summed E-state index contributed by atoms with van der Waals surface area (Å²) in [6, 6.07) is 14.4. The average Bonchev–Trinajstić information content (AvgIpc) is 2.95. The molecule has 26 heavy (non-hydrogen) atoms. The van der Waals surface area contributed by atoms with Crippen LogP contribution in [0.1, 0.15) is 41.1 Å². The Labute approximate surface area is 155 Å². The number of aromatic nitrogens is 1. The van der Waals surface area contributed by atoms with E-state index in [1.807, 2.05) is 24.1 Å². The van der Waals surface area contributed by atoms with E-state index in [0.29, 0.717) is 11.5 Å². The molecule has 3 rings (SSSR count). The predicted octanol–water partition coefficient (Wildman–Crippen LogP) is 3.12. The van der Waals surface area contributed by atoms with Gasteiger partial charge < -0.3 is 15.5 Å². The van der Waals surface area contributed by atoms with Crippen LogP contribution < -0.4 is 10.6 Å². The van der Waals surface area contributed by atoms with Gasteiger partial charge in [-0.25, -0.2) is 4.98 Å². The molecule has 138 valence electrons. The van der Waals surface area contributed by atoms with Crippen LogP contribution in [0, 0.1) is 0 Å². The van der Waals surface area contributed by atoms with Crippen molar-refractivity contribution >= 4 is 11.7 Å². The largest absolute Gasteiger partial charge is 0.369 e. The first kappa shape index (κ1) is 18.4. The van der Waals surface area contributed by atoms with Crippen molar-refractivity contribution in [3.8, 4) is 0 Å². The zero-order chi connectivity index (χ0) is 18.2. The summed E-state index contributed by atoms with van der Waals surface area (Å²) < 4.78 is 0. The highest BCUT2D eigenvalue weighted by Crippen LogP contribution is 2.28. The van der Waals surface area contributed by atoms with Gasteiger partial charge in [0.2, 0.25) is 0 Å². The van der Waals surface area contributed by atoms with E-state index in [1.54, 1.807) is 6.20 Å². The third kappa shape index (κ3) is 4.82. The molecule has 0 saturated carbocycles. The van der Waals surface area contributed by atoms with Crippen LogP contribution in [0.2, 0.25) is 0 Å². The average molecular weight is 352 g/mol. The number of likely N-dealkylation sites (tertiary alicyclic amines) is 1. The molecule has 0 bridgehead atoms. The number of nitrogens with zero attached hydrogens (tertiary/aromatic N) is 2. The maximum atomic E-state index is 12.8. The summed E-state index contributed by atoms with van der Waals surface area (Å²) in [5.74, 6) is 1.44. The van der Waals surface area contributed by atoms with Gasteiger partial charge in [0.1, 0.15) is 5.82 Å². The number of carbonyl (C=O) groups is 1. The number of hydrogen-bond donors (Lipinski definition) is 2. The number of carbonyl (C=O) groups excluding carboxylic acids is 1. The molecule has 1 aromatic heterocycles. The first-order valence-electron chi connectivity index (χ1n) is 9.46. The lowest BCUT2D eigenvalue weighted by atomic mass is 9.92. The minimum Gasteiger partial charge on any atom is -0.369 e. The minimum absolute atomic E-state index is 0.0907. The molecule has 1 fully saturated rings. The van der Waals surface area contributed by atoms with Crippen molar-refractivity contribution in [1.29, 1.82) is 0 Å². The fourth-order valence-electron chi connectivity index (χ4n) is 3.48. The maximum absolute atomic E-state index is 12.8. The van der Waals surface area contributed by atoms with Crippen molar-refractivity contribution in [1.82, 2.24) is 15.2 Å². The van der Waals surface area contributed by atoms with Gasteiger partial charge in [-0.05, 0) is 49.9 Å². The highest BCUT2D eigenvalue weighted by atomic mass is 16.2. The molecule has 1 unspecified atom stereocenters. The van der Waals surface area contributed by atoms with Gasteiger partial charge in [0.05, 0.1) is 5.56 Å². The molecule has 5 heteroatoms. The third-order valence-electron chi connectivity index (χ3n) is 4.98. The molecular weight excluding hydrogens is 324 g/mol. The number of rotatable bonds is 6. The predicted molar refractivity (Wildman–Crippen MR) is 106 cm³/mol. The molecular formula is C21H28N4O. The van der Waals surface area contributed by atoms with E-state index >= 15 is 0 Å². The summed E-state index contributed by atoms with van der Waals surface area (Å²) in [5, 5.41) is 6.31. The van der Waals surface area contributed by atoms with Crippen LogP contribution in [-0.4, -0.2) is 49.0 Å². The molecule has 2 aromatic rings. The molecule has 0 aliphatic carbocycles. The van der Waals surface area contributed by atoms with Crippen LogP contribution in [0.15, 0.2) is 48.7 Å². The second-order valence-corrected chi connectivity index (χ2v) is 6.79. The minimum atomic E-state index is 0.0907. The molecule has 1 aliphatic heterocycles. The molecule has 0 radical (unpaired) electrons. The van der Waals surface area contributed by atoms with Crippen LogP contribution in [-0.2, 0) is 0 Å². The first-order valence-corrected chi connectivity index (χ1v) is 9.46. The van der Waals surface area contributed by atoms with Crippen molar-refractivity contribution in [2.24, 2.45) is 0 Å². The summed E-state index contributed by atoms with van der Waals surface area (Å²) >= 11 is 0. The molecule has 0 spiro atoms. The SMILES string of the molecule is CNCCNc1ccc(C(=O)N2CCCC(c3ccccc3)CC2)cn1. The lowest BCUT2D eigenvalue weighted by molar-refractivity contribution is 0.0760. The molecule has 1 atom stereocenters. The quantitative estimate of drug-likeness (QED) is 0.784. The lowest BCUT2D eigenvalue weighted by Crippen LogP contribution is -2.32. The van der Waals surface area contributed by atoms with E-state index in [2.05, 4.69) is 45.9 Å². The van der Waals surface area contributed by atoms with Gasteiger partial charge in [0.15, 0.2) is 0 Å². The first-order chi connectivity index (χ1) is 12.8. The highest BCUT2D eigenvalue weighted by Gasteiger charge is 2.22. The maximum Gasteiger partial charge on any atom is 0.255 e. The van der Waals surface area contributed by atoms with Crippen molar-refractivity contribution in [3.63, 3.8) is 0 Å². The molecule has 2 N–H and O–H groups in total. The van der Waals surface area contributed by atoms with Crippen molar-refractivity contribution in [3.05, 3.63) is 59.8 Å². The van der Waals surface area contributed by atoms with Gasteiger partial charge in [0, 0.05) is 32.4 Å². The van der Waals surface area contributed by atoms with Crippen LogP contribution in [0.25, 0.3) is 0 Å². The number of pyridine rings is 1. The Morgan fingerprint density at radius 2 is 1.96 bits per heavy atom. The van der Waals surface area contributed by atoms with E-state index in [4.69, 9.17) is 0 Å². The summed E-state index contributed by atoms with van der Waals surface area (Å²) in [6.07, 6.45) is 4.89. The standard InChI is InChI=1S/C21H28N4O/c1-22-12-13-23-20-10-9-19(16-24-20)21(26)25-14-5-8-18(11-15-25)17-6-3-2-4-7-17/h2-4,6-7,9-10,16,18,22H,5,8,11-15H2,1H3,(H,23,24). The number of amides is 1. The topological polar surface area (TPSA) is 57.3 Å². The van der Waals surface area contributed by atoms with Crippen LogP contribution in [0.4, 0.5) is 5.82 Å². The zero-order valence-corrected chi connectivity index (χ0v) is 15.4. The summed E-state index contributed by atoms with van der Waals surface area (Å²) in [5.41, 5.74) is 2.06. The van der Waals surface area contributed by atoms with Gasteiger partial charge in [-0.1, -0.05) is 30.3 Å². The lowest BCUT2D eigenvalue weighted by Gasteiger charge is -2.21. The van der Waals surface area contributed by atoms with Crippen LogP contribution in [0.5, 0.6) is 0 Å². The Bertz CT molecular complexity index is 687. The van der Waals surface area contributed by atoms with Crippen LogP contribution in [0.3, 0.4) is 0 Å². The number of benzene rings is 1. The van der Waals surface area contributed by atoms with Crippen molar-refractivity contribution < 1.29 is 4.79 Å². The van der Waals surface area contributed by atoms with E-state index in [1.165, 1.54) is 5.56 Å². The summed E-state index contributed by atoms with van der Waals surface area (Å²) in [7, 11) is 1.92.